The van der Waals surface area contributed by atoms with E-state index in [1.807, 2.05) is 31.2 Å². The number of rotatable bonds is 8. The fourth-order valence-electron chi connectivity index (χ4n) is 2.52. The maximum atomic E-state index is 12.4. The number of aryl methyl sites for hydroxylation is 1. The number of ether oxygens (including phenoxy) is 1. The molecule has 1 heterocycles. The summed E-state index contributed by atoms with van der Waals surface area (Å²) in [5.41, 5.74) is 2.13. The molecule has 8 heteroatoms. The second kappa shape index (κ2) is 8.71. The van der Waals surface area contributed by atoms with E-state index in [2.05, 4.69) is 20.2 Å². The minimum atomic E-state index is -3.70. The standard InChI is InChI=1S/C20H22N4O3S/c1-3-15-6-10-18(11-7-15)28(25,26)24-20-13-12-19(22-23-20)21-14-16-4-8-17(27-2)9-5-16/h4-13H,3,14H2,1-2H3,(H,21,22)(H,23,24). The van der Waals surface area contributed by atoms with Crippen molar-refractivity contribution in [2.45, 2.75) is 24.8 Å². The highest BCUT2D eigenvalue weighted by atomic mass is 32.2. The zero-order valence-electron chi connectivity index (χ0n) is 15.7. The lowest BCUT2D eigenvalue weighted by atomic mass is 10.2. The van der Waals surface area contributed by atoms with Crippen molar-refractivity contribution in [3.63, 3.8) is 0 Å². The molecule has 0 amide bonds. The van der Waals surface area contributed by atoms with E-state index < -0.39 is 10.0 Å². The summed E-state index contributed by atoms with van der Waals surface area (Å²) in [5.74, 6) is 1.50. The average Bonchev–Trinajstić information content (AvgIpc) is 2.73. The van der Waals surface area contributed by atoms with E-state index in [-0.39, 0.29) is 10.7 Å². The van der Waals surface area contributed by atoms with Crippen LogP contribution in [-0.4, -0.2) is 25.7 Å². The van der Waals surface area contributed by atoms with Gasteiger partial charge in [-0.25, -0.2) is 8.42 Å². The Kier molecular flexibility index (Phi) is 6.10. The normalized spacial score (nSPS) is 11.1. The van der Waals surface area contributed by atoms with Crippen LogP contribution in [0.4, 0.5) is 11.6 Å². The summed E-state index contributed by atoms with van der Waals surface area (Å²) in [6.45, 7) is 2.58. The van der Waals surface area contributed by atoms with Crippen molar-refractivity contribution in [3.8, 4) is 5.75 Å². The molecule has 0 saturated heterocycles. The molecular weight excluding hydrogens is 376 g/mol. The van der Waals surface area contributed by atoms with Gasteiger partial charge in [0.1, 0.15) is 11.6 Å². The molecule has 0 fully saturated rings. The third kappa shape index (κ3) is 4.98. The van der Waals surface area contributed by atoms with Gasteiger partial charge in [-0.3, -0.25) is 4.72 Å². The van der Waals surface area contributed by atoms with Crippen LogP contribution in [0, 0.1) is 0 Å². The maximum Gasteiger partial charge on any atom is 0.263 e. The number of nitrogens with one attached hydrogen (secondary N) is 2. The minimum absolute atomic E-state index is 0.162. The number of hydrogen-bond donors (Lipinski definition) is 2. The molecule has 1 aromatic heterocycles. The monoisotopic (exact) mass is 398 g/mol. The summed E-state index contributed by atoms with van der Waals surface area (Å²) < 4.78 is 32.5. The topological polar surface area (TPSA) is 93.2 Å². The van der Waals surface area contributed by atoms with Crippen LogP contribution in [0.15, 0.2) is 65.6 Å². The van der Waals surface area contributed by atoms with Gasteiger partial charge in [-0.1, -0.05) is 31.2 Å². The van der Waals surface area contributed by atoms with Crippen molar-refractivity contribution >= 4 is 21.7 Å². The Labute approximate surface area is 164 Å². The molecule has 3 rings (SSSR count). The Bertz CT molecular complexity index is 1000. The number of methoxy groups -OCH3 is 1. The number of sulfonamides is 1. The van der Waals surface area contributed by atoms with E-state index >= 15 is 0 Å². The second-order valence-corrected chi connectivity index (χ2v) is 7.79. The largest absolute Gasteiger partial charge is 0.497 e. The summed E-state index contributed by atoms with van der Waals surface area (Å²) in [6, 6.07) is 17.7. The lowest BCUT2D eigenvalue weighted by Crippen LogP contribution is -2.14. The van der Waals surface area contributed by atoms with Gasteiger partial charge in [0.25, 0.3) is 10.0 Å². The Balaban J connectivity index is 1.61. The number of hydrogen-bond acceptors (Lipinski definition) is 6. The lowest BCUT2D eigenvalue weighted by molar-refractivity contribution is 0.414. The van der Waals surface area contributed by atoms with Gasteiger partial charge in [0, 0.05) is 6.54 Å². The smallest absolute Gasteiger partial charge is 0.263 e. The van der Waals surface area contributed by atoms with Crippen LogP contribution >= 0.6 is 0 Å². The molecule has 146 valence electrons. The first kappa shape index (κ1) is 19.6. The predicted octanol–water partition coefficient (Wildman–Crippen LogP) is 3.46. The van der Waals surface area contributed by atoms with Gasteiger partial charge in [0.15, 0.2) is 5.82 Å². The zero-order chi connectivity index (χ0) is 20.0. The van der Waals surface area contributed by atoms with Crippen LogP contribution in [0.1, 0.15) is 18.1 Å². The summed E-state index contributed by atoms with van der Waals surface area (Å²) >= 11 is 0. The van der Waals surface area contributed by atoms with Crippen molar-refractivity contribution in [3.05, 3.63) is 71.8 Å². The van der Waals surface area contributed by atoms with Crippen LogP contribution in [0.25, 0.3) is 0 Å². The number of anilines is 2. The fraction of sp³-hybridized carbons (Fsp3) is 0.200. The first-order valence-electron chi connectivity index (χ1n) is 8.82. The van der Waals surface area contributed by atoms with Gasteiger partial charge in [-0.15, -0.1) is 10.2 Å². The van der Waals surface area contributed by atoms with Gasteiger partial charge in [-0.05, 0) is 53.9 Å². The van der Waals surface area contributed by atoms with Gasteiger partial charge < -0.3 is 10.1 Å². The first-order chi connectivity index (χ1) is 13.5. The number of nitrogens with zero attached hydrogens (tertiary/aromatic N) is 2. The average molecular weight is 398 g/mol. The maximum absolute atomic E-state index is 12.4. The molecule has 2 aromatic carbocycles. The molecule has 0 atom stereocenters. The number of aromatic nitrogens is 2. The molecule has 7 nitrogen and oxygen atoms in total. The van der Waals surface area contributed by atoms with Gasteiger partial charge in [0.2, 0.25) is 0 Å². The van der Waals surface area contributed by atoms with Crippen molar-refractivity contribution in [2.75, 3.05) is 17.1 Å². The molecule has 0 aliphatic carbocycles. The predicted molar refractivity (Wildman–Crippen MR) is 109 cm³/mol. The van der Waals surface area contributed by atoms with Crippen LogP contribution in [0.3, 0.4) is 0 Å². The summed E-state index contributed by atoms with van der Waals surface area (Å²) in [6.07, 6.45) is 0.851. The Morgan fingerprint density at radius 2 is 1.46 bits per heavy atom. The molecule has 0 unspecified atom stereocenters. The van der Waals surface area contributed by atoms with E-state index in [0.29, 0.717) is 12.4 Å². The van der Waals surface area contributed by atoms with E-state index in [1.165, 1.54) is 0 Å². The molecule has 0 radical (unpaired) electrons. The van der Waals surface area contributed by atoms with Crippen molar-refractivity contribution in [1.82, 2.24) is 10.2 Å². The van der Waals surface area contributed by atoms with Crippen LogP contribution in [0.2, 0.25) is 0 Å². The highest BCUT2D eigenvalue weighted by Crippen LogP contribution is 2.16. The summed E-state index contributed by atoms with van der Waals surface area (Å²) in [5, 5.41) is 11.1. The molecule has 3 aromatic rings. The fourth-order valence-corrected chi connectivity index (χ4v) is 3.51. The van der Waals surface area contributed by atoms with Gasteiger partial charge >= 0.3 is 0 Å². The molecule has 0 aliphatic heterocycles. The van der Waals surface area contributed by atoms with Crippen LogP contribution in [-0.2, 0) is 23.0 Å². The molecule has 28 heavy (non-hydrogen) atoms. The van der Waals surface area contributed by atoms with E-state index in [9.17, 15) is 8.42 Å². The third-order valence-corrected chi connectivity index (χ3v) is 5.55. The third-order valence-electron chi connectivity index (χ3n) is 4.18. The van der Waals surface area contributed by atoms with E-state index in [4.69, 9.17) is 4.74 Å². The van der Waals surface area contributed by atoms with E-state index in [0.717, 1.165) is 23.3 Å². The molecule has 0 bridgehead atoms. The Morgan fingerprint density at radius 1 is 0.857 bits per heavy atom. The van der Waals surface area contributed by atoms with Crippen molar-refractivity contribution < 1.29 is 13.2 Å². The van der Waals surface area contributed by atoms with Crippen LogP contribution < -0.4 is 14.8 Å². The quantitative estimate of drug-likeness (QED) is 0.604. The lowest BCUT2D eigenvalue weighted by Gasteiger charge is -2.09. The SMILES string of the molecule is CCc1ccc(S(=O)(=O)Nc2ccc(NCc3ccc(OC)cc3)nn2)cc1. The molecular formula is C20H22N4O3S. The highest BCUT2D eigenvalue weighted by Gasteiger charge is 2.15. The van der Waals surface area contributed by atoms with Crippen molar-refractivity contribution in [1.29, 1.82) is 0 Å². The zero-order valence-corrected chi connectivity index (χ0v) is 16.5. The first-order valence-corrected chi connectivity index (χ1v) is 10.3. The molecule has 2 N–H and O–H groups in total. The minimum Gasteiger partial charge on any atom is -0.497 e. The highest BCUT2D eigenvalue weighted by molar-refractivity contribution is 7.92. The summed E-state index contributed by atoms with van der Waals surface area (Å²) in [4.78, 5) is 0.188. The Hall–Kier alpha value is -3.13. The summed E-state index contributed by atoms with van der Waals surface area (Å²) in [7, 11) is -2.07. The molecule has 0 spiro atoms. The Morgan fingerprint density at radius 3 is 2.04 bits per heavy atom. The van der Waals surface area contributed by atoms with Crippen LogP contribution in [0.5, 0.6) is 5.75 Å². The van der Waals surface area contributed by atoms with E-state index in [1.54, 1.807) is 43.5 Å². The number of benzene rings is 2. The van der Waals surface area contributed by atoms with Gasteiger partial charge in [0.05, 0.1) is 12.0 Å². The molecule has 0 saturated carbocycles. The van der Waals surface area contributed by atoms with Crippen molar-refractivity contribution in [2.24, 2.45) is 0 Å². The molecule has 0 aliphatic rings. The van der Waals surface area contributed by atoms with Gasteiger partial charge in [-0.2, -0.15) is 0 Å². The second-order valence-electron chi connectivity index (χ2n) is 6.11.